The summed E-state index contributed by atoms with van der Waals surface area (Å²) in [7, 11) is 1.57. The van der Waals surface area contributed by atoms with E-state index in [2.05, 4.69) is 13.8 Å². The molecule has 3 rings (SSSR count). The van der Waals surface area contributed by atoms with Gasteiger partial charge in [0.05, 0.1) is 0 Å². The molecule has 1 aromatic rings. The van der Waals surface area contributed by atoms with Gasteiger partial charge in [-0.05, 0) is 17.4 Å². The Balaban J connectivity index is 1.87. The molecule has 5 nitrogen and oxygen atoms in total. The average molecular weight is 262 g/mol. The van der Waals surface area contributed by atoms with Gasteiger partial charge in [-0.25, -0.2) is 0 Å². The van der Waals surface area contributed by atoms with Gasteiger partial charge in [-0.3, -0.25) is 9.59 Å². The summed E-state index contributed by atoms with van der Waals surface area (Å²) in [6.07, 6.45) is -0.734. The molecular weight excluding hydrogens is 244 g/mol. The highest BCUT2D eigenvalue weighted by atomic mass is 16.3. The first-order valence-corrected chi connectivity index (χ1v) is 6.51. The van der Waals surface area contributed by atoms with Crippen molar-refractivity contribution in [1.29, 1.82) is 0 Å². The lowest BCUT2D eigenvalue weighted by Crippen LogP contribution is -2.42. The number of nitrogens with zero attached hydrogens (tertiary/aromatic N) is 2. The molecule has 1 aliphatic heterocycles. The standard InChI is InChI=1S/C14H18N2O3/c1-14(2)8-7-16(13(19)11(8)14)12(18)9-5-4-6-10(17)15(9)3/h4-6,8,11,13,19H,7H2,1-3H3/t8?,11-,13+/m0/s1. The number of fused-ring (bicyclic) bond motifs is 1. The van der Waals surface area contributed by atoms with Crippen LogP contribution in [0.4, 0.5) is 0 Å². The van der Waals surface area contributed by atoms with Crippen LogP contribution < -0.4 is 5.56 Å². The highest BCUT2D eigenvalue weighted by Crippen LogP contribution is 2.64. The number of piperidine rings is 1. The van der Waals surface area contributed by atoms with Crippen LogP contribution >= 0.6 is 0 Å². The van der Waals surface area contributed by atoms with E-state index < -0.39 is 6.23 Å². The molecule has 2 aliphatic rings. The number of rotatable bonds is 1. The Morgan fingerprint density at radius 2 is 2.11 bits per heavy atom. The van der Waals surface area contributed by atoms with Gasteiger partial charge < -0.3 is 14.6 Å². The molecule has 19 heavy (non-hydrogen) atoms. The zero-order valence-electron chi connectivity index (χ0n) is 11.3. The molecule has 1 aromatic heterocycles. The van der Waals surface area contributed by atoms with Crippen LogP contribution in [0.15, 0.2) is 23.0 Å². The second kappa shape index (κ2) is 3.70. The highest BCUT2D eigenvalue weighted by Gasteiger charge is 2.67. The topological polar surface area (TPSA) is 62.5 Å². The Kier molecular flexibility index (Phi) is 2.41. The molecule has 5 heteroatoms. The lowest BCUT2D eigenvalue weighted by Gasteiger charge is -2.27. The van der Waals surface area contributed by atoms with Gasteiger partial charge >= 0.3 is 0 Å². The summed E-state index contributed by atoms with van der Waals surface area (Å²) in [4.78, 5) is 25.4. The maximum absolute atomic E-state index is 12.4. The van der Waals surface area contributed by atoms with E-state index in [1.807, 2.05) is 0 Å². The van der Waals surface area contributed by atoms with E-state index in [4.69, 9.17) is 0 Å². The highest BCUT2D eigenvalue weighted by molar-refractivity contribution is 5.93. The van der Waals surface area contributed by atoms with Crippen molar-refractivity contribution >= 4 is 5.91 Å². The molecule has 1 saturated heterocycles. The smallest absolute Gasteiger partial charge is 0.272 e. The fraction of sp³-hybridized carbons (Fsp3) is 0.571. The van der Waals surface area contributed by atoms with Gasteiger partial charge in [0, 0.05) is 25.6 Å². The minimum Gasteiger partial charge on any atom is -0.373 e. The Morgan fingerprint density at radius 1 is 1.42 bits per heavy atom. The first-order chi connectivity index (χ1) is 8.85. The summed E-state index contributed by atoms with van der Waals surface area (Å²) in [5.41, 5.74) is 0.231. The number of hydrogen-bond donors (Lipinski definition) is 1. The van der Waals surface area contributed by atoms with Crippen LogP contribution in [-0.2, 0) is 7.05 Å². The molecule has 2 fully saturated rings. The third-order valence-corrected chi connectivity index (χ3v) is 4.84. The SMILES string of the molecule is Cn1c(C(=O)N2CC3[C@@H]([C@H]2O)C3(C)C)cccc1=O. The monoisotopic (exact) mass is 262 g/mol. The van der Waals surface area contributed by atoms with Crippen LogP contribution in [0.3, 0.4) is 0 Å². The van der Waals surface area contributed by atoms with Crippen LogP contribution in [0, 0.1) is 17.3 Å². The quantitative estimate of drug-likeness (QED) is 0.798. The molecular formula is C14H18N2O3. The molecule has 0 bridgehead atoms. The number of aromatic nitrogens is 1. The summed E-state index contributed by atoms with van der Waals surface area (Å²) in [5, 5.41) is 10.2. The molecule has 0 aromatic carbocycles. The van der Waals surface area contributed by atoms with Crippen molar-refractivity contribution in [2.45, 2.75) is 20.1 Å². The van der Waals surface area contributed by atoms with Gasteiger partial charge in [-0.1, -0.05) is 19.9 Å². The third-order valence-electron chi connectivity index (χ3n) is 4.84. The van der Waals surface area contributed by atoms with Gasteiger partial charge in [-0.15, -0.1) is 0 Å². The first kappa shape index (κ1) is 12.4. The van der Waals surface area contributed by atoms with E-state index in [0.29, 0.717) is 18.2 Å². The molecule has 1 unspecified atom stereocenters. The molecule has 1 saturated carbocycles. The Morgan fingerprint density at radius 3 is 2.68 bits per heavy atom. The van der Waals surface area contributed by atoms with E-state index in [0.717, 1.165) is 0 Å². The van der Waals surface area contributed by atoms with Gasteiger partial charge in [0.1, 0.15) is 11.9 Å². The van der Waals surface area contributed by atoms with E-state index in [1.54, 1.807) is 19.2 Å². The Bertz CT molecular complexity index is 605. The van der Waals surface area contributed by atoms with Crippen LogP contribution in [0.5, 0.6) is 0 Å². The second-order valence-electron chi connectivity index (χ2n) is 6.13. The predicted octanol–water partition coefficient (Wildman–Crippen LogP) is 0.432. The number of carbonyl (C=O) groups is 1. The van der Waals surface area contributed by atoms with Gasteiger partial charge in [0.25, 0.3) is 11.5 Å². The first-order valence-electron chi connectivity index (χ1n) is 6.51. The molecule has 2 heterocycles. The summed E-state index contributed by atoms with van der Waals surface area (Å²) in [6.45, 7) is 4.80. The largest absolute Gasteiger partial charge is 0.373 e. The zero-order chi connectivity index (χ0) is 13.9. The minimum absolute atomic E-state index is 0.124. The van der Waals surface area contributed by atoms with E-state index in [9.17, 15) is 14.7 Å². The van der Waals surface area contributed by atoms with Crippen molar-refractivity contribution in [3.05, 3.63) is 34.2 Å². The lowest BCUT2D eigenvalue weighted by atomic mass is 10.1. The van der Waals surface area contributed by atoms with Crippen LogP contribution in [0.2, 0.25) is 0 Å². The van der Waals surface area contributed by atoms with Crippen molar-refractivity contribution in [2.24, 2.45) is 24.3 Å². The number of pyridine rings is 1. The number of hydrogen-bond acceptors (Lipinski definition) is 3. The van der Waals surface area contributed by atoms with Crippen molar-refractivity contribution in [3.63, 3.8) is 0 Å². The van der Waals surface area contributed by atoms with E-state index in [-0.39, 0.29) is 22.8 Å². The number of likely N-dealkylation sites (tertiary alicyclic amines) is 1. The molecule has 0 radical (unpaired) electrons. The zero-order valence-corrected chi connectivity index (χ0v) is 11.3. The fourth-order valence-electron chi connectivity index (χ4n) is 3.37. The third kappa shape index (κ3) is 1.57. The van der Waals surface area contributed by atoms with Crippen LogP contribution in [0.25, 0.3) is 0 Å². The Hall–Kier alpha value is -1.62. The van der Waals surface area contributed by atoms with Crippen LogP contribution in [-0.4, -0.2) is 33.3 Å². The summed E-state index contributed by atoms with van der Waals surface area (Å²) < 4.78 is 1.32. The molecule has 0 spiro atoms. The average Bonchev–Trinajstić information content (AvgIpc) is 2.70. The van der Waals surface area contributed by atoms with Crippen LogP contribution in [0.1, 0.15) is 24.3 Å². The Labute approximate surface area is 111 Å². The van der Waals surface area contributed by atoms with Crippen molar-refractivity contribution in [1.82, 2.24) is 9.47 Å². The number of aliphatic hydroxyl groups is 1. The van der Waals surface area contributed by atoms with Crippen molar-refractivity contribution < 1.29 is 9.90 Å². The van der Waals surface area contributed by atoms with E-state index in [1.165, 1.54) is 15.5 Å². The maximum atomic E-state index is 12.4. The number of amides is 1. The summed E-state index contributed by atoms with van der Waals surface area (Å²) in [5.74, 6) is 0.264. The number of carbonyl (C=O) groups excluding carboxylic acids is 1. The summed E-state index contributed by atoms with van der Waals surface area (Å²) >= 11 is 0. The molecule has 1 amide bonds. The molecule has 3 atom stereocenters. The van der Waals surface area contributed by atoms with Gasteiger partial charge in [0.2, 0.25) is 0 Å². The lowest BCUT2D eigenvalue weighted by molar-refractivity contribution is 0.00311. The molecule has 1 aliphatic carbocycles. The normalized spacial score (nSPS) is 31.2. The molecule has 102 valence electrons. The summed E-state index contributed by atoms with van der Waals surface area (Å²) in [6, 6.07) is 4.60. The maximum Gasteiger partial charge on any atom is 0.272 e. The number of aliphatic hydroxyl groups excluding tert-OH is 1. The van der Waals surface area contributed by atoms with Crippen molar-refractivity contribution in [2.75, 3.05) is 6.54 Å². The predicted molar refractivity (Wildman–Crippen MR) is 69.5 cm³/mol. The van der Waals surface area contributed by atoms with Gasteiger partial charge in [0.15, 0.2) is 0 Å². The minimum atomic E-state index is -0.734. The van der Waals surface area contributed by atoms with E-state index >= 15 is 0 Å². The second-order valence-corrected chi connectivity index (χ2v) is 6.13. The molecule has 1 N–H and O–H groups in total. The van der Waals surface area contributed by atoms with Gasteiger partial charge in [-0.2, -0.15) is 0 Å². The fourth-order valence-corrected chi connectivity index (χ4v) is 3.37. The van der Waals surface area contributed by atoms with Crippen molar-refractivity contribution in [3.8, 4) is 0 Å².